The van der Waals surface area contributed by atoms with Gasteiger partial charge in [-0.15, -0.1) is 0 Å². The van der Waals surface area contributed by atoms with Crippen molar-refractivity contribution in [3.8, 4) is 0 Å². The van der Waals surface area contributed by atoms with Crippen molar-refractivity contribution < 1.29 is 4.79 Å². The highest BCUT2D eigenvalue weighted by atomic mass is 16.2. The van der Waals surface area contributed by atoms with Crippen LogP contribution in [-0.4, -0.2) is 76.0 Å². The van der Waals surface area contributed by atoms with Crippen LogP contribution in [0.25, 0.3) is 0 Å². The zero-order valence-corrected chi connectivity index (χ0v) is 16.4. The molecule has 1 atom stereocenters. The maximum atomic E-state index is 12.8. The van der Waals surface area contributed by atoms with Gasteiger partial charge in [0.15, 0.2) is 0 Å². The first-order valence-electron chi connectivity index (χ1n) is 9.53. The fraction of sp³-hybridized carbons (Fsp3) is 0.579. The molecule has 0 spiro atoms. The number of aromatic nitrogens is 4. The lowest BCUT2D eigenvalue weighted by atomic mass is 9.96. The fourth-order valence-corrected chi connectivity index (χ4v) is 3.55. The molecule has 1 saturated heterocycles. The molecule has 2 aromatic rings. The Labute approximate surface area is 160 Å². The summed E-state index contributed by atoms with van der Waals surface area (Å²) < 4.78 is 2.24. The third-order valence-electron chi connectivity index (χ3n) is 4.95. The second-order valence-corrected chi connectivity index (χ2v) is 7.27. The van der Waals surface area contributed by atoms with Gasteiger partial charge in [0.05, 0.1) is 5.56 Å². The van der Waals surface area contributed by atoms with Gasteiger partial charge in [-0.05, 0) is 39.9 Å². The van der Waals surface area contributed by atoms with Crippen LogP contribution in [0.4, 0.5) is 5.95 Å². The van der Waals surface area contributed by atoms with Crippen LogP contribution < -0.4 is 5.32 Å². The van der Waals surface area contributed by atoms with E-state index in [1.165, 1.54) is 0 Å². The molecule has 2 aromatic heterocycles. The molecule has 1 amide bonds. The van der Waals surface area contributed by atoms with Gasteiger partial charge in [-0.2, -0.15) is 0 Å². The highest BCUT2D eigenvalue weighted by Gasteiger charge is 2.28. The lowest BCUT2D eigenvalue weighted by molar-refractivity contribution is 0.0702. The second kappa shape index (κ2) is 8.94. The SMILES string of the molecule is CNc1ncc(C(=O)N2CCC[C@H](c3nccn3CCCN(C)C)C2)cn1. The molecule has 3 heterocycles. The van der Waals surface area contributed by atoms with E-state index in [1.807, 2.05) is 11.1 Å². The average Bonchev–Trinajstić information content (AvgIpc) is 3.16. The molecule has 3 rings (SSSR count). The summed E-state index contributed by atoms with van der Waals surface area (Å²) >= 11 is 0. The number of nitrogens with one attached hydrogen (secondary N) is 1. The Bertz CT molecular complexity index is 741. The molecule has 0 unspecified atom stereocenters. The van der Waals surface area contributed by atoms with Crippen molar-refractivity contribution in [2.75, 3.05) is 46.1 Å². The first-order chi connectivity index (χ1) is 13.1. The predicted octanol–water partition coefficient (Wildman–Crippen LogP) is 1.69. The third-order valence-corrected chi connectivity index (χ3v) is 4.95. The minimum atomic E-state index is -0.00642. The molecule has 27 heavy (non-hydrogen) atoms. The summed E-state index contributed by atoms with van der Waals surface area (Å²) in [5.74, 6) is 1.87. The molecule has 146 valence electrons. The van der Waals surface area contributed by atoms with Gasteiger partial charge in [-0.3, -0.25) is 4.79 Å². The molecular formula is C19H29N7O. The van der Waals surface area contributed by atoms with E-state index in [0.717, 1.165) is 44.7 Å². The number of imidazole rings is 1. The molecule has 0 radical (unpaired) electrons. The summed E-state index contributed by atoms with van der Waals surface area (Å²) in [6.07, 6.45) is 10.2. The van der Waals surface area contributed by atoms with Crippen LogP contribution in [-0.2, 0) is 6.54 Å². The number of amides is 1. The molecule has 0 saturated carbocycles. The molecule has 1 aliphatic heterocycles. The fourth-order valence-electron chi connectivity index (χ4n) is 3.55. The molecule has 1 aliphatic rings. The van der Waals surface area contributed by atoms with Gasteiger partial charge < -0.3 is 19.7 Å². The van der Waals surface area contributed by atoms with Crippen molar-refractivity contribution in [1.29, 1.82) is 0 Å². The van der Waals surface area contributed by atoms with Crippen molar-refractivity contribution in [3.63, 3.8) is 0 Å². The quantitative estimate of drug-likeness (QED) is 0.798. The highest BCUT2D eigenvalue weighted by molar-refractivity contribution is 5.93. The Hall–Kier alpha value is -2.48. The maximum Gasteiger partial charge on any atom is 0.257 e. The van der Waals surface area contributed by atoms with E-state index in [9.17, 15) is 4.79 Å². The van der Waals surface area contributed by atoms with E-state index in [4.69, 9.17) is 0 Å². The summed E-state index contributed by atoms with van der Waals surface area (Å²) in [7, 11) is 5.94. The van der Waals surface area contributed by atoms with E-state index in [1.54, 1.807) is 19.4 Å². The van der Waals surface area contributed by atoms with Gasteiger partial charge in [0.1, 0.15) is 5.82 Å². The lowest BCUT2D eigenvalue weighted by Crippen LogP contribution is -2.40. The molecule has 0 aliphatic carbocycles. The largest absolute Gasteiger partial charge is 0.357 e. The van der Waals surface area contributed by atoms with Crippen LogP contribution in [0.3, 0.4) is 0 Å². The van der Waals surface area contributed by atoms with Crippen molar-refractivity contribution >= 4 is 11.9 Å². The number of anilines is 1. The van der Waals surface area contributed by atoms with E-state index < -0.39 is 0 Å². The molecule has 0 bridgehead atoms. The van der Waals surface area contributed by atoms with Crippen LogP contribution in [0.1, 0.15) is 41.4 Å². The molecule has 8 heteroatoms. The zero-order chi connectivity index (χ0) is 19.2. The second-order valence-electron chi connectivity index (χ2n) is 7.27. The van der Waals surface area contributed by atoms with Crippen LogP contribution in [0, 0.1) is 0 Å². The van der Waals surface area contributed by atoms with Gasteiger partial charge in [0.2, 0.25) is 5.95 Å². The minimum absolute atomic E-state index is 0.00642. The van der Waals surface area contributed by atoms with Gasteiger partial charge in [0, 0.05) is 57.4 Å². The molecule has 1 fully saturated rings. The van der Waals surface area contributed by atoms with Crippen molar-refractivity contribution in [3.05, 3.63) is 36.2 Å². The lowest BCUT2D eigenvalue weighted by Gasteiger charge is -2.32. The average molecular weight is 371 g/mol. The molecule has 0 aromatic carbocycles. The van der Waals surface area contributed by atoms with Gasteiger partial charge >= 0.3 is 0 Å². The topological polar surface area (TPSA) is 79.2 Å². The number of hydrogen-bond donors (Lipinski definition) is 1. The Morgan fingerprint density at radius 3 is 2.78 bits per heavy atom. The molecule has 8 nitrogen and oxygen atoms in total. The normalized spacial score (nSPS) is 17.3. The van der Waals surface area contributed by atoms with Crippen LogP contribution in [0.2, 0.25) is 0 Å². The van der Waals surface area contributed by atoms with Crippen LogP contribution in [0.5, 0.6) is 0 Å². The number of carbonyl (C=O) groups excluding carboxylic acids is 1. The number of rotatable bonds is 7. The number of piperidine rings is 1. The summed E-state index contributed by atoms with van der Waals surface area (Å²) in [6, 6.07) is 0. The van der Waals surface area contributed by atoms with Crippen LogP contribution >= 0.6 is 0 Å². The number of carbonyl (C=O) groups is 1. The third kappa shape index (κ3) is 4.82. The van der Waals surface area contributed by atoms with E-state index in [2.05, 4.69) is 50.0 Å². The molecule has 1 N–H and O–H groups in total. The van der Waals surface area contributed by atoms with Gasteiger partial charge in [-0.1, -0.05) is 0 Å². The summed E-state index contributed by atoms with van der Waals surface area (Å²) in [4.78, 5) is 29.9. The standard InChI is InChI=1S/C19H29N7O/c1-20-19-22-12-16(13-23-19)18(27)26-9-4-6-15(14-26)17-21-7-11-25(17)10-5-8-24(2)3/h7,11-13,15H,4-6,8-10,14H2,1-3H3,(H,20,22,23)/t15-/m0/s1. The van der Waals surface area contributed by atoms with Crippen molar-refractivity contribution in [1.82, 2.24) is 29.3 Å². The Morgan fingerprint density at radius 2 is 2.07 bits per heavy atom. The molecular weight excluding hydrogens is 342 g/mol. The summed E-state index contributed by atoms with van der Waals surface area (Å²) in [5, 5.41) is 2.87. The van der Waals surface area contributed by atoms with Gasteiger partial charge in [-0.25, -0.2) is 15.0 Å². The maximum absolute atomic E-state index is 12.8. The number of aryl methyl sites for hydroxylation is 1. The first-order valence-corrected chi connectivity index (χ1v) is 9.53. The summed E-state index contributed by atoms with van der Waals surface area (Å²) in [6.45, 7) is 3.47. The van der Waals surface area contributed by atoms with Crippen molar-refractivity contribution in [2.45, 2.75) is 31.7 Å². The summed E-state index contributed by atoms with van der Waals surface area (Å²) in [5.41, 5.74) is 0.531. The minimum Gasteiger partial charge on any atom is -0.357 e. The predicted molar refractivity (Wildman–Crippen MR) is 105 cm³/mol. The number of hydrogen-bond acceptors (Lipinski definition) is 6. The Kier molecular flexibility index (Phi) is 6.39. The van der Waals surface area contributed by atoms with Crippen molar-refractivity contribution in [2.24, 2.45) is 0 Å². The zero-order valence-electron chi connectivity index (χ0n) is 16.4. The van der Waals surface area contributed by atoms with Crippen LogP contribution in [0.15, 0.2) is 24.8 Å². The first kappa shape index (κ1) is 19.3. The van der Waals surface area contributed by atoms with E-state index in [0.29, 0.717) is 18.1 Å². The Balaban J connectivity index is 1.65. The smallest absolute Gasteiger partial charge is 0.257 e. The number of nitrogens with zero attached hydrogens (tertiary/aromatic N) is 6. The van der Waals surface area contributed by atoms with E-state index in [-0.39, 0.29) is 11.8 Å². The monoisotopic (exact) mass is 371 g/mol. The Morgan fingerprint density at radius 1 is 1.30 bits per heavy atom. The highest BCUT2D eigenvalue weighted by Crippen LogP contribution is 2.27. The number of likely N-dealkylation sites (tertiary alicyclic amines) is 1. The van der Waals surface area contributed by atoms with Gasteiger partial charge in [0.25, 0.3) is 5.91 Å². The van der Waals surface area contributed by atoms with E-state index >= 15 is 0 Å².